The van der Waals surface area contributed by atoms with Crippen LogP contribution in [0.4, 0.5) is 0 Å². The van der Waals surface area contributed by atoms with Gasteiger partial charge in [0.1, 0.15) is 55.4 Å². The summed E-state index contributed by atoms with van der Waals surface area (Å²) in [4.78, 5) is 25.4. The van der Waals surface area contributed by atoms with Crippen molar-refractivity contribution in [2.24, 2.45) is 0 Å². The van der Waals surface area contributed by atoms with Crippen LogP contribution in [0.25, 0.3) is 0 Å². The van der Waals surface area contributed by atoms with E-state index in [2.05, 4.69) is 13.8 Å². The van der Waals surface area contributed by atoms with Gasteiger partial charge < -0.3 is 64.2 Å². The molecule has 0 aromatic rings. The van der Waals surface area contributed by atoms with E-state index >= 15 is 0 Å². The third-order valence-electron chi connectivity index (χ3n) is 10.1. The molecule has 11 atom stereocenters. The number of aliphatic hydroxyl groups excluding tert-OH is 7. The Morgan fingerprint density at radius 2 is 0.944 bits per heavy atom. The fourth-order valence-corrected chi connectivity index (χ4v) is 6.57. The second-order valence-corrected chi connectivity index (χ2v) is 14.8. The first-order chi connectivity index (χ1) is 26.0. The number of carbonyl (C=O) groups excluding carboxylic acids is 2. The number of esters is 2. The summed E-state index contributed by atoms with van der Waals surface area (Å²) in [6.45, 7) is 2.51. The molecule has 318 valence electrons. The molecule has 0 bridgehead atoms. The molecule has 2 heterocycles. The van der Waals surface area contributed by atoms with Gasteiger partial charge in [0.2, 0.25) is 0 Å². The van der Waals surface area contributed by atoms with Gasteiger partial charge in [-0.15, -0.1) is 0 Å². The second kappa shape index (κ2) is 28.8. The summed E-state index contributed by atoms with van der Waals surface area (Å²) in [6, 6.07) is 0. The smallest absolute Gasteiger partial charge is 0.306 e. The molecule has 2 fully saturated rings. The van der Waals surface area contributed by atoms with Crippen molar-refractivity contribution in [2.75, 3.05) is 26.4 Å². The maximum atomic E-state index is 12.8. The van der Waals surface area contributed by atoms with Crippen LogP contribution in [-0.2, 0) is 38.0 Å². The molecule has 0 spiro atoms. The first-order valence-corrected chi connectivity index (χ1v) is 20.6. The van der Waals surface area contributed by atoms with Gasteiger partial charge in [0, 0.05) is 12.8 Å². The fourth-order valence-electron chi connectivity index (χ4n) is 6.57. The summed E-state index contributed by atoms with van der Waals surface area (Å²) < 4.78 is 33.3. The monoisotopic (exact) mass is 780 g/mol. The Labute approximate surface area is 321 Å². The van der Waals surface area contributed by atoms with Crippen molar-refractivity contribution in [1.29, 1.82) is 0 Å². The van der Waals surface area contributed by atoms with Crippen molar-refractivity contribution in [1.82, 2.24) is 0 Å². The van der Waals surface area contributed by atoms with Crippen LogP contribution in [0.15, 0.2) is 0 Å². The van der Waals surface area contributed by atoms with Crippen LogP contribution >= 0.6 is 0 Å². The zero-order valence-electron chi connectivity index (χ0n) is 32.7. The highest BCUT2D eigenvalue weighted by Gasteiger charge is 2.47. The minimum absolute atomic E-state index is 0.170. The lowest BCUT2D eigenvalue weighted by Gasteiger charge is -2.42. The molecular formula is C39H72O15. The van der Waals surface area contributed by atoms with E-state index in [1.165, 1.54) is 64.2 Å². The Balaban J connectivity index is 1.90. The maximum absolute atomic E-state index is 12.8. The Kier molecular flexibility index (Phi) is 26.0. The normalized spacial score (nSPS) is 29.2. The molecule has 15 nitrogen and oxygen atoms in total. The zero-order chi connectivity index (χ0) is 39.7. The number of rotatable bonds is 30. The predicted molar refractivity (Wildman–Crippen MR) is 197 cm³/mol. The Morgan fingerprint density at radius 3 is 1.44 bits per heavy atom. The third kappa shape index (κ3) is 18.6. The summed E-state index contributed by atoms with van der Waals surface area (Å²) in [5.41, 5.74) is 0. The lowest BCUT2D eigenvalue weighted by atomic mass is 9.98. The Hall–Kier alpha value is -1.50. The van der Waals surface area contributed by atoms with Gasteiger partial charge in [0.15, 0.2) is 18.7 Å². The Morgan fingerprint density at radius 1 is 0.519 bits per heavy atom. The van der Waals surface area contributed by atoms with Crippen LogP contribution in [0, 0.1) is 0 Å². The molecule has 4 unspecified atom stereocenters. The molecule has 54 heavy (non-hydrogen) atoms. The average Bonchev–Trinajstić information content (AvgIpc) is 3.16. The minimum Gasteiger partial charge on any atom is -0.462 e. The standard InChI is InChI=1S/C39H72O15/c1-3-5-7-9-11-13-15-17-19-21-30(41)49-24-27(52-31(42)22-20-18-16-14-12-10-8-6-4-2)25-50-38-37(48)35(46)33(44)29(54-38)26-51-39-36(47)34(45)32(43)28(23-40)53-39/h27-29,32-40,43-48H,3-26H2,1-2H3/t27-,28-,29-,32+,33+,34?,35?,36?,37?,38-,39-/m1/s1. The topological polar surface area (TPSA) is 231 Å². The van der Waals surface area contributed by atoms with E-state index in [0.717, 1.165) is 38.5 Å². The van der Waals surface area contributed by atoms with E-state index in [1.54, 1.807) is 0 Å². The molecule has 0 aliphatic carbocycles. The van der Waals surface area contributed by atoms with Crippen molar-refractivity contribution in [3.05, 3.63) is 0 Å². The van der Waals surface area contributed by atoms with Crippen LogP contribution in [-0.4, -0.2) is 142 Å². The van der Waals surface area contributed by atoms with Gasteiger partial charge in [-0.1, -0.05) is 117 Å². The third-order valence-corrected chi connectivity index (χ3v) is 10.1. The molecule has 15 heteroatoms. The molecule has 0 aromatic carbocycles. The predicted octanol–water partition coefficient (Wildman–Crippen LogP) is 2.92. The lowest BCUT2D eigenvalue weighted by molar-refractivity contribution is -0.332. The van der Waals surface area contributed by atoms with Crippen molar-refractivity contribution in [2.45, 2.75) is 210 Å². The highest BCUT2D eigenvalue weighted by Crippen LogP contribution is 2.26. The summed E-state index contributed by atoms with van der Waals surface area (Å²) >= 11 is 0. The number of hydrogen-bond acceptors (Lipinski definition) is 15. The summed E-state index contributed by atoms with van der Waals surface area (Å²) in [5, 5.41) is 71.5. The minimum atomic E-state index is -1.76. The molecular weight excluding hydrogens is 708 g/mol. The summed E-state index contributed by atoms with van der Waals surface area (Å²) in [7, 11) is 0. The zero-order valence-corrected chi connectivity index (χ0v) is 32.7. The highest BCUT2D eigenvalue weighted by atomic mass is 16.7. The first-order valence-electron chi connectivity index (χ1n) is 20.6. The SMILES string of the molecule is CCCCCCCCCCCC(=O)OC[C@H](CO[C@@H]1O[C@H](CO[C@@H]2O[C@H](CO)[C@H](O)C(O)C2O)[C@H](O)C(O)C1O)OC(=O)CCCCCCCCCCC. The Bertz CT molecular complexity index is 970. The summed E-state index contributed by atoms with van der Waals surface area (Å²) in [6.07, 6.45) is 3.25. The van der Waals surface area contributed by atoms with E-state index in [9.17, 15) is 45.3 Å². The van der Waals surface area contributed by atoms with Gasteiger partial charge in [-0.2, -0.15) is 0 Å². The van der Waals surface area contributed by atoms with Crippen molar-refractivity contribution in [3.63, 3.8) is 0 Å². The quantitative estimate of drug-likeness (QED) is 0.0411. The van der Waals surface area contributed by atoms with E-state index < -0.39 is 92.7 Å². The molecule has 2 aliphatic rings. The van der Waals surface area contributed by atoms with Crippen LogP contribution in [0.5, 0.6) is 0 Å². The van der Waals surface area contributed by atoms with Gasteiger partial charge in [-0.3, -0.25) is 9.59 Å². The number of ether oxygens (including phenoxy) is 6. The van der Waals surface area contributed by atoms with E-state index in [-0.39, 0.29) is 26.1 Å². The molecule has 0 radical (unpaired) electrons. The average molecular weight is 781 g/mol. The molecule has 0 saturated carbocycles. The fraction of sp³-hybridized carbons (Fsp3) is 0.949. The largest absolute Gasteiger partial charge is 0.462 e. The second-order valence-electron chi connectivity index (χ2n) is 14.8. The van der Waals surface area contributed by atoms with Crippen molar-refractivity contribution >= 4 is 11.9 Å². The van der Waals surface area contributed by atoms with Gasteiger partial charge in [0.25, 0.3) is 0 Å². The maximum Gasteiger partial charge on any atom is 0.306 e. The van der Waals surface area contributed by atoms with E-state index in [0.29, 0.717) is 12.8 Å². The number of aliphatic hydroxyl groups is 7. The van der Waals surface area contributed by atoms with E-state index in [4.69, 9.17) is 28.4 Å². The van der Waals surface area contributed by atoms with Gasteiger partial charge in [-0.25, -0.2) is 0 Å². The highest BCUT2D eigenvalue weighted by molar-refractivity contribution is 5.70. The molecule has 2 rings (SSSR count). The van der Waals surface area contributed by atoms with E-state index in [1.807, 2.05) is 0 Å². The van der Waals surface area contributed by atoms with Crippen LogP contribution in [0.1, 0.15) is 142 Å². The van der Waals surface area contributed by atoms with Crippen molar-refractivity contribution < 1.29 is 73.8 Å². The number of unbranched alkanes of at least 4 members (excludes halogenated alkanes) is 16. The molecule has 0 amide bonds. The van der Waals surface area contributed by atoms with Crippen molar-refractivity contribution in [3.8, 4) is 0 Å². The van der Waals surface area contributed by atoms with Crippen LogP contribution < -0.4 is 0 Å². The van der Waals surface area contributed by atoms with Gasteiger partial charge in [-0.05, 0) is 12.8 Å². The van der Waals surface area contributed by atoms with Crippen LogP contribution in [0.2, 0.25) is 0 Å². The molecule has 7 N–H and O–H groups in total. The lowest BCUT2D eigenvalue weighted by Crippen LogP contribution is -2.61. The molecule has 0 aromatic heterocycles. The molecule has 2 aliphatic heterocycles. The first kappa shape index (κ1) is 48.6. The van der Waals surface area contributed by atoms with Gasteiger partial charge in [0.05, 0.1) is 19.8 Å². The number of hydrogen-bond donors (Lipinski definition) is 7. The summed E-state index contributed by atoms with van der Waals surface area (Å²) in [5.74, 6) is -0.927. The number of carbonyl (C=O) groups is 2. The molecule has 2 saturated heterocycles. The van der Waals surface area contributed by atoms with Gasteiger partial charge >= 0.3 is 11.9 Å². The van der Waals surface area contributed by atoms with Crippen LogP contribution in [0.3, 0.4) is 0 Å².